The van der Waals surface area contributed by atoms with E-state index in [0.29, 0.717) is 12.0 Å². The van der Waals surface area contributed by atoms with Crippen LogP contribution in [0, 0.1) is 5.92 Å². The van der Waals surface area contributed by atoms with Crippen molar-refractivity contribution in [3.05, 3.63) is 17.7 Å². The molecule has 0 bridgehead atoms. The number of hydrogen-bond donors (Lipinski definition) is 1. The van der Waals surface area contributed by atoms with Crippen molar-refractivity contribution in [2.24, 2.45) is 13.0 Å². The van der Waals surface area contributed by atoms with Crippen LogP contribution in [0.3, 0.4) is 0 Å². The summed E-state index contributed by atoms with van der Waals surface area (Å²) in [5, 5.41) is 11.3. The molecule has 0 fully saturated rings. The highest BCUT2D eigenvalue weighted by molar-refractivity contribution is 5.45. The molecule has 1 heterocycles. The lowest BCUT2D eigenvalue weighted by molar-refractivity contribution is 0.479. The summed E-state index contributed by atoms with van der Waals surface area (Å²) in [6.45, 7) is 6.69. The van der Waals surface area contributed by atoms with Gasteiger partial charge in [-0.2, -0.15) is 0 Å². The molecule has 0 saturated carbocycles. The molecule has 0 radical (unpaired) electrons. The SMILES string of the molecule is CC/C(=C\c1nncn1C)C(C)CC(C)NC. The first-order chi connectivity index (χ1) is 8.08. The maximum absolute atomic E-state index is 4.11. The number of nitrogens with one attached hydrogen (secondary N) is 1. The molecular formula is C13H24N4. The van der Waals surface area contributed by atoms with Crippen molar-refractivity contribution < 1.29 is 0 Å². The van der Waals surface area contributed by atoms with Gasteiger partial charge in [0.2, 0.25) is 0 Å². The van der Waals surface area contributed by atoms with E-state index in [2.05, 4.69) is 42.4 Å². The number of aromatic nitrogens is 3. The Bertz CT molecular complexity index is 367. The summed E-state index contributed by atoms with van der Waals surface area (Å²) < 4.78 is 1.95. The number of aryl methyl sites for hydroxylation is 1. The molecule has 0 spiro atoms. The quantitative estimate of drug-likeness (QED) is 0.823. The summed E-state index contributed by atoms with van der Waals surface area (Å²) in [6, 6.07) is 0.541. The number of allylic oxidation sites excluding steroid dienone is 1. The Hall–Kier alpha value is -1.16. The van der Waals surface area contributed by atoms with Crippen LogP contribution in [0.2, 0.25) is 0 Å². The molecular weight excluding hydrogens is 212 g/mol. The van der Waals surface area contributed by atoms with E-state index in [1.165, 1.54) is 5.57 Å². The Morgan fingerprint density at radius 3 is 2.71 bits per heavy atom. The zero-order chi connectivity index (χ0) is 12.8. The third kappa shape index (κ3) is 3.97. The summed E-state index contributed by atoms with van der Waals surface area (Å²) >= 11 is 0. The molecule has 1 N–H and O–H groups in total. The third-order valence-electron chi connectivity index (χ3n) is 3.30. The molecule has 0 aliphatic carbocycles. The predicted octanol–water partition coefficient (Wildman–Crippen LogP) is 2.24. The first-order valence-electron chi connectivity index (χ1n) is 6.30. The molecule has 0 saturated heterocycles. The summed E-state index contributed by atoms with van der Waals surface area (Å²) in [7, 11) is 3.98. The average Bonchev–Trinajstić information content (AvgIpc) is 2.71. The van der Waals surface area contributed by atoms with Gasteiger partial charge in [-0.3, -0.25) is 0 Å². The van der Waals surface area contributed by atoms with Crippen molar-refractivity contribution >= 4 is 6.08 Å². The van der Waals surface area contributed by atoms with E-state index in [1.807, 2.05) is 18.7 Å². The van der Waals surface area contributed by atoms with Crippen LogP contribution >= 0.6 is 0 Å². The Morgan fingerprint density at radius 2 is 2.24 bits per heavy atom. The first-order valence-corrected chi connectivity index (χ1v) is 6.30. The second kappa shape index (κ2) is 6.55. The van der Waals surface area contributed by atoms with Gasteiger partial charge in [-0.05, 0) is 38.8 Å². The molecule has 0 amide bonds. The van der Waals surface area contributed by atoms with Gasteiger partial charge in [-0.1, -0.05) is 19.4 Å². The Labute approximate surface area is 104 Å². The molecule has 1 aromatic heterocycles. The van der Waals surface area contributed by atoms with Crippen molar-refractivity contribution in [1.82, 2.24) is 20.1 Å². The molecule has 96 valence electrons. The van der Waals surface area contributed by atoms with Crippen LogP contribution in [0.4, 0.5) is 0 Å². The fourth-order valence-corrected chi connectivity index (χ4v) is 1.98. The van der Waals surface area contributed by atoms with E-state index < -0.39 is 0 Å². The highest BCUT2D eigenvalue weighted by atomic mass is 15.2. The van der Waals surface area contributed by atoms with Crippen molar-refractivity contribution in [2.45, 2.75) is 39.7 Å². The van der Waals surface area contributed by atoms with E-state index in [-0.39, 0.29) is 0 Å². The van der Waals surface area contributed by atoms with Crippen LogP contribution in [0.1, 0.15) is 39.4 Å². The van der Waals surface area contributed by atoms with Gasteiger partial charge in [0.1, 0.15) is 6.33 Å². The molecule has 0 aliphatic rings. The van der Waals surface area contributed by atoms with Crippen LogP contribution in [-0.4, -0.2) is 27.9 Å². The highest BCUT2D eigenvalue weighted by Crippen LogP contribution is 2.21. The second-order valence-electron chi connectivity index (χ2n) is 4.70. The van der Waals surface area contributed by atoms with Gasteiger partial charge in [0.05, 0.1) is 0 Å². The molecule has 2 unspecified atom stereocenters. The van der Waals surface area contributed by atoms with Crippen molar-refractivity contribution in [2.75, 3.05) is 7.05 Å². The molecule has 1 aromatic rings. The van der Waals surface area contributed by atoms with Gasteiger partial charge in [-0.25, -0.2) is 0 Å². The zero-order valence-electron chi connectivity index (χ0n) is 11.6. The first kappa shape index (κ1) is 13.9. The fourth-order valence-electron chi connectivity index (χ4n) is 1.98. The molecule has 2 atom stereocenters. The molecule has 17 heavy (non-hydrogen) atoms. The Kier molecular flexibility index (Phi) is 5.35. The van der Waals surface area contributed by atoms with Crippen molar-refractivity contribution in [3.8, 4) is 0 Å². The van der Waals surface area contributed by atoms with Crippen LogP contribution in [-0.2, 0) is 7.05 Å². The van der Waals surface area contributed by atoms with E-state index in [0.717, 1.165) is 18.7 Å². The topological polar surface area (TPSA) is 42.7 Å². The average molecular weight is 236 g/mol. The molecule has 4 heteroatoms. The minimum absolute atomic E-state index is 0.541. The third-order valence-corrected chi connectivity index (χ3v) is 3.30. The molecule has 0 aliphatic heterocycles. The normalized spacial score (nSPS) is 15.9. The fraction of sp³-hybridized carbons (Fsp3) is 0.692. The standard InChI is InChI=1S/C13H24N4/c1-6-12(10(2)7-11(3)14-4)8-13-16-15-9-17(13)5/h8-11,14H,6-7H2,1-5H3/b12-8+. The maximum Gasteiger partial charge on any atom is 0.156 e. The monoisotopic (exact) mass is 236 g/mol. The van der Waals surface area contributed by atoms with Gasteiger partial charge < -0.3 is 9.88 Å². The van der Waals surface area contributed by atoms with Crippen molar-refractivity contribution in [1.29, 1.82) is 0 Å². The largest absolute Gasteiger partial charge is 0.317 e. The summed E-state index contributed by atoms with van der Waals surface area (Å²) in [5.74, 6) is 1.50. The number of nitrogens with zero attached hydrogens (tertiary/aromatic N) is 3. The van der Waals surface area contributed by atoms with Gasteiger partial charge in [-0.15, -0.1) is 10.2 Å². The summed E-state index contributed by atoms with van der Waals surface area (Å²) in [5.41, 5.74) is 1.43. The zero-order valence-corrected chi connectivity index (χ0v) is 11.6. The minimum atomic E-state index is 0.541. The maximum atomic E-state index is 4.11. The lowest BCUT2D eigenvalue weighted by atomic mass is 9.92. The Morgan fingerprint density at radius 1 is 1.53 bits per heavy atom. The van der Waals surface area contributed by atoms with Crippen molar-refractivity contribution in [3.63, 3.8) is 0 Å². The Balaban J connectivity index is 2.77. The highest BCUT2D eigenvalue weighted by Gasteiger charge is 2.11. The second-order valence-corrected chi connectivity index (χ2v) is 4.70. The van der Waals surface area contributed by atoms with E-state index in [1.54, 1.807) is 6.33 Å². The summed E-state index contributed by atoms with van der Waals surface area (Å²) in [4.78, 5) is 0. The molecule has 1 rings (SSSR count). The molecule has 0 aromatic carbocycles. The van der Waals surface area contributed by atoms with Crippen LogP contribution in [0.25, 0.3) is 6.08 Å². The van der Waals surface area contributed by atoms with Gasteiger partial charge in [0.15, 0.2) is 5.82 Å². The van der Waals surface area contributed by atoms with Gasteiger partial charge in [0.25, 0.3) is 0 Å². The summed E-state index contributed by atoms with van der Waals surface area (Å²) in [6.07, 6.45) is 6.11. The van der Waals surface area contributed by atoms with E-state index in [4.69, 9.17) is 0 Å². The smallest absolute Gasteiger partial charge is 0.156 e. The van der Waals surface area contributed by atoms with Gasteiger partial charge >= 0.3 is 0 Å². The number of rotatable bonds is 6. The van der Waals surface area contributed by atoms with E-state index >= 15 is 0 Å². The van der Waals surface area contributed by atoms with Crippen LogP contribution in [0.5, 0.6) is 0 Å². The number of hydrogen-bond acceptors (Lipinski definition) is 3. The lowest BCUT2D eigenvalue weighted by Gasteiger charge is -2.19. The predicted molar refractivity (Wildman–Crippen MR) is 71.6 cm³/mol. The molecule has 4 nitrogen and oxygen atoms in total. The van der Waals surface area contributed by atoms with Crippen LogP contribution < -0.4 is 5.32 Å². The lowest BCUT2D eigenvalue weighted by Crippen LogP contribution is -2.24. The minimum Gasteiger partial charge on any atom is -0.317 e. The van der Waals surface area contributed by atoms with Gasteiger partial charge in [0, 0.05) is 13.1 Å². The van der Waals surface area contributed by atoms with E-state index in [9.17, 15) is 0 Å². The van der Waals surface area contributed by atoms with Crippen LogP contribution in [0.15, 0.2) is 11.9 Å².